The van der Waals surface area contributed by atoms with Crippen LogP contribution >= 0.6 is 0 Å². The van der Waals surface area contributed by atoms with Crippen molar-refractivity contribution in [1.82, 2.24) is 9.88 Å². The number of aromatic nitrogens is 1. The van der Waals surface area contributed by atoms with Gasteiger partial charge in [0.1, 0.15) is 5.84 Å². The summed E-state index contributed by atoms with van der Waals surface area (Å²) in [4.78, 5) is 5.30. The molecule has 1 unspecified atom stereocenters. The Morgan fingerprint density at radius 1 is 0.407 bits per heavy atom. The number of rotatable bonds is 5. The number of aliphatic imine (C=N–C) groups is 1. The fourth-order valence-corrected chi connectivity index (χ4v) is 9.48. The fourth-order valence-electron chi connectivity index (χ4n) is 9.48. The Hall–Kier alpha value is -7.75. The summed E-state index contributed by atoms with van der Waals surface area (Å²) in [5.74, 6) is 0.871. The predicted octanol–water partition coefficient (Wildman–Crippen LogP) is 14.3. The van der Waals surface area contributed by atoms with E-state index in [1.54, 1.807) is 0 Å². The molecular weight excluding hydrogens is 715 g/mol. The number of nitrogens with zero attached hydrogens (tertiary/aromatic N) is 2. The van der Waals surface area contributed by atoms with Gasteiger partial charge in [-0.25, -0.2) is 4.99 Å². The van der Waals surface area contributed by atoms with Gasteiger partial charge in [0.25, 0.3) is 0 Å². The molecule has 276 valence electrons. The number of hydrogen-bond donors (Lipinski definition) is 1. The first-order valence-corrected chi connectivity index (χ1v) is 20.3. The van der Waals surface area contributed by atoms with Crippen LogP contribution in [0.15, 0.2) is 217 Å². The smallest absolute Gasteiger partial charge is 0.135 e. The minimum absolute atomic E-state index is 0.0688. The molecule has 12 rings (SSSR count). The van der Waals surface area contributed by atoms with Crippen LogP contribution in [0.3, 0.4) is 0 Å². The Bertz CT molecular complexity index is 3370. The van der Waals surface area contributed by atoms with Crippen LogP contribution < -0.4 is 5.32 Å². The number of nitrogens with one attached hydrogen (secondary N) is 1. The first kappa shape index (κ1) is 33.4. The second-order valence-electron chi connectivity index (χ2n) is 15.5. The maximum atomic E-state index is 5.30. The fraction of sp³-hybridized carbons (Fsp3) is 0.0179. The Labute approximate surface area is 342 Å². The summed E-state index contributed by atoms with van der Waals surface area (Å²) in [7, 11) is 0. The summed E-state index contributed by atoms with van der Waals surface area (Å²) in [6.07, 6.45) is 0. The number of amidine groups is 1. The van der Waals surface area contributed by atoms with E-state index in [2.05, 4.69) is 222 Å². The van der Waals surface area contributed by atoms with E-state index in [0.29, 0.717) is 0 Å². The molecule has 1 aliphatic heterocycles. The zero-order valence-corrected chi connectivity index (χ0v) is 32.2. The summed E-state index contributed by atoms with van der Waals surface area (Å²) in [5, 5.41) is 13.9. The van der Waals surface area contributed by atoms with Crippen molar-refractivity contribution in [3.63, 3.8) is 0 Å². The van der Waals surface area contributed by atoms with Crippen molar-refractivity contribution in [2.75, 3.05) is 0 Å². The highest BCUT2D eigenvalue weighted by Crippen LogP contribution is 2.43. The Morgan fingerprint density at radius 2 is 0.966 bits per heavy atom. The summed E-state index contributed by atoms with van der Waals surface area (Å²) < 4.78 is 2.47. The molecule has 0 radical (unpaired) electrons. The number of hydrogen-bond acceptors (Lipinski definition) is 2. The van der Waals surface area contributed by atoms with Gasteiger partial charge < -0.3 is 9.88 Å². The Morgan fingerprint density at radius 3 is 1.69 bits per heavy atom. The van der Waals surface area contributed by atoms with Crippen LogP contribution in [0.1, 0.15) is 22.7 Å². The van der Waals surface area contributed by atoms with Gasteiger partial charge in [-0.05, 0) is 85.1 Å². The molecule has 0 aliphatic carbocycles. The second kappa shape index (κ2) is 13.4. The lowest BCUT2D eigenvalue weighted by molar-refractivity contribution is 0.750. The van der Waals surface area contributed by atoms with E-state index in [4.69, 9.17) is 4.99 Å². The average molecular weight is 752 g/mol. The SMILES string of the molecule is c1ccc(-c2cccc(-c3ccc(C4NC(c5cccc6c(-n7c8ccc9ccccc9c8c8c9ccccc9ccc87)cccc56)=Nc5ccccc54)cc3)c2)cc1. The normalized spacial score (nSPS) is 13.8. The molecule has 11 aromatic rings. The molecule has 0 spiro atoms. The lowest BCUT2D eigenvalue weighted by Gasteiger charge is -2.28. The van der Waals surface area contributed by atoms with Gasteiger partial charge >= 0.3 is 0 Å². The van der Waals surface area contributed by atoms with Gasteiger partial charge in [-0.2, -0.15) is 0 Å². The van der Waals surface area contributed by atoms with Crippen molar-refractivity contribution < 1.29 is 0 Å². The Kier molecular flexibility index (Phi) is 7.60. The highest BCUT2D eigenvalue weighted by Gasteiger charge is 2.26. The highest BCUT2D eigenvalue weighted by molar-refractivity contribution is 6.29. The van der Waals surface area contributed by atoms with Crippen LogP contribution in [0.4, 0.5) is 5.69 Å². The molecule has 1 N–H and O–H groups in total. The molecular formula is C56H37N3. The maximum Gasteiger partial charge on any atom is 0.135 e. The molecule has 1 atom stereocenters. The Balaban J connectivity index is 0.980. The zero-order chi connectivity index (χ0) is 38.9. The molecule has 10 aromatic carbocycles. The van der Waals surface area contributed by atoms with Crippen molar-refractivity contribution in [3.05, 3.63) is 229 Å². The first-order valence-electron chi connectivity index (χ1n) is 20.3. The molecule has 0 bridgehead atoms. The summed E-state index contributed by atoms with van der Waals surface area (Å²) in [5.41, 5.74) is 12.8. The van der Waals surface area contributed by atoms with E-state index in [-0.39, 0.29) is 6.04 Å². The zero-order valence-electron chi connectivity index (χ0n) is 32.2. The minimum Gasteiger partial charge on any atom is -0.359 e. The van der Waals surface area contributed by atoms with Gasteiger partial charge in [-0.3, -0.25) is 0 Å². The molecule has 1 aliphatic rings. The van der Waals surface area contributed by atoms with E-state index >= 15 is 0 Å². The summed E-state index contributed by atoms with van der Waals surface area (Å²) >= 11 is 0. The first-order chi connectivity index (χ1) is 29.3. The van der Waals surface area contributed by atoms with E-state index in [1.165, 1.54) is 82.1 Å². The van der Waals surface area contributed by atoms with Crippen LogP contribution in [0, 0.1) is 0 Å². The van der Waals surface area contributed by atoms with Gasteiger partial charge in [-0.1, -0.05) is 182 Å². The molecule has 0 saturated heterocycles. The lowest BCUT2D eigenvalue weighted by Crippen LogP contribution is -2.33. The molecule has 3 nitrogen and oxygen atoms in total. The van der Waals surface area contributed by atoms with E-state index < -0.39 is 0 Å². The second-order valence-corrected chi connectivity index (χ2v) is 15.5. The molecule has 0 fully saturated rings. The van der Waals surface area contributed by atoms with Crippen molar-refractivity contribution in [3.8, 4) is 27.9 Å². The van der Waals surface area contributed by atoms with E-state index in [1.807, 2.05) is 0 Å². The monoisotopic (exact) mass is 751 g/mol. The van der Waals surface area contributed by atoms with Gasteiger partial charge in [-0.15, -0.1) is 0 Å². The standard InChI is InChI=1S/C56H37N3/c1-2-13-36(14-3-1)41-17-10-18-42(35-41)37-27-29-40(30-28-37)55-48-21-8-9-25-49(48)57-56(58-55)47-24-11-23-46-45(47)22-12-26-50(46)59-51-33-31-38-15-4-6-19-43(38)53(51)54-44-20-7-5-16-39(44)32-34-52(54)59/h1-35,55H,(H,57,58). The predicted molar refractivity (Wildman–Crippen MR) is 248 cm³/mol. The van der Waals surface area contributed by atoms with E-state index in [9.17, 15) is 0 Å². The number of benzene rings is 10. The third-order valence-electron chi connectivity index (χ3n) is 12.2. The third kappa shape index (κ3) is 5.40. The largest absolute Gasteiger partial charge is 0.359 e. The van der Waals surface area contributed by atoms with Crippen molar-refractivity contribution in [1.29, 1.82) is 0 Å². The number of para-hydroxylation sites is 1. The lowest BCUT2D eigenvalue weighted by atomic mass is 9.92. The maximum absolute atomic E-state index is 5.30. The van der Waals surface area contributed by atoms with Gasteiger partial charge in [0, 0.05) is 27.3 Å². The highest BCUT2D eigenvalue weighted by atomic mass is 15.1. The van der Waals surface area contributed by atoms with Crippen LogP contribution in [-0.2, 0) is 0 Å². The van der Waals surface area contributed by atoms with Crippen LogP contribution in [-0.4, -0.2) is 10.4 Å². The van der Waals surface area contributed by atoms with Gasteiger partial charge in [0.15, 0.2) is 0 Å². The number of fused-ring (bicyclic) bond motifs is 9. The molecule has 1 aromatic heterocycles. The van der Waals surface area contributed by atoms with Gasteiger partial charge in [0.05, 0.1) is 28.5 Å². The molecule has 0 saturated carbocycles. The summed E-state index contributed by atoms with van der Waals surface area (Å²) in [6.45, 7) is 0. The topological polar surface area (TPSA) is 29.3 Å². The molecule has 2 heterocycles. The van der Waals surface area contributed by atoms with Crippen molar-refractivity contribution >= 4 is 65.6 Å². The third-order valence-corrected chi connectivity index (χ3v) is 12.2. The summed E-state index contributed by atoms with van der Waals surface area (Å²) in [6, 6.07) is 76.9. The van der Waals surface area contributed by atoms with Crippen molar-refractivity contribution in [2.45, 2.75) is 6.04 Å². The van der Waals surface area contributed by atoms with E-state index in [0.717, 1.165) is 28.2 Å². The van der Waals surface area contributed by atoms with Crippen LogP contribution in [0.5, 0.6) is 0 Å². The van der Waals surface area contributed by atoms with Crippen LogP contribution in [0.2, 0.25) is 0 Å². The quantitative estimate of drug-likeness (QED) is 0.186. The minimum atomic E-state index is -0.0688. The van der Waals surface area contributed by atoms with Crippen LogP contribution in [0.25, 0.3) is 82.1 Å². The molecule has 0 amide bonds. The average Bonchev–Trinajstić information content (AvgIpc) is 3.66. The van der Waals surface area contributed by atoms with Crippen molar-refractivity contribution in [2.24, 2.45) is 4.99 Å². The molecule has 59 heavy (non-hydrogen) atoms. The van der Waals surface area contributed by atoms with Gasteiger partial charge in [0.2, 0.25) is 0 Å². The molecule has 3 heteroatoms.